The molecule has 2 rings (SSSR count). The van der Waals surface area contributed by atoms with Gasteiger partial charge in [0.1, 0.15) is 12.4 Å². The molecule has 0 radical (unpaired) electrons. The highest BCUT2D eigenvalue weighted by Gasteiger charge is 2.13. The highest BCUT2D eigenvalue weighted by Crippen LogP contribution is 2.26. The minimum atomic E-state index is 0.333. The molecule has 1 N–H and O–H groups in total. The van der Waals surface area contributed by atoms with Gasteiger partial charge in [-0.25, -0.2) is 0 Å². The molecule has 3 heteroatoms. The SMILES string of the molecule is CCNC(C)c1cc(C)ccc1OCCN1CCCCC1. The number of rotatable bonds is 7. The first kappa shape index (κ1) is 16.3. The third-order valence-electron chi connectivity index (χ3n) is 4.26. The van der Waals surface area contributed by atoms with E-state index in [1.165, 1.54) is 43.5 Å². The Kier molecular flexibility index (Phi) is 6.52. The van der Waals surface area contributed by atoms with Gasteiger partial charge >= 0.3 is 0 Å². The van der Waals surface area contributed by atoms with Crippen LogP contribution in [-0.2, 0) is 0 Å². The van der Waals surface area contributed by atoms with E-state index in [4.69, 9.17) is 4.74 Å². The van der Waals surface area contributed by atoms with Crippen LogP contribution in [0.3, 0.4) is 0 Å². The van der Waals surface area contributed by atoms with Crippen molar-refractivity contribution in [3.05, 3.63) is 29.3 Å². The fraction of sp³-hybridized carbons (Fsp3) is 0.667. The lowest BCUT2D eigenvalue weighted by molar-refractivity contribution is 0.182. The molecule has 0 aromatic heterocycles. The molecule has 1 aromatic rings. The Bertz CT molecular complexity index is 427. The van der Waals surface area contributed by atoms with Gasteiger partial charge in [0.25, 0.3) is 0 Å². The molecule has 0 bridgehead atoms. The van der Waals surface area contributed by atoms with E-state index in [0.29, 0.717) is 6.04 Å². The predicted octanol–water partition coefficient (Wildman–Crippen LogP) is 3.53. The molecule has 1 saturated heterocycles. The molecule has 1 atom stereocenters. The number of ether oxygens (including phenoxy) is 1. The van der Waals surface area contributed by atoms with E-state index in [9.17, 15) is 0 Å². The first-order valence-electron chi connectivity index (χ1n) is 8.39. The second kappa shape index (κ2) is 8.40. The molecule has 0 saturated carbocycles. The van der Waals surface area contributed by atoms with Gasteiger partial charge in [-0.1, -0.05) is 31.0 Å². The lowest BCUT2D eigenvalue weighted by atomic mass is 10.0. The molecule has 1 aliphatic heterocycles. The smallest absolute Gasteiger partial charge is 0.124 e. The van der Waals surface area contributed by atoms with E-state index < -0.39 is 0 Å². The number of aryl methyl sites for hydroxylation is 1. The van der Waals surface area contributed by atoms with Crippen molar-refractivity contribution in [3.63, 3.8) is 0 Å². The van der Waals surface area contributed by atoms with Crippen molar-refractivity contribution < 1.29 is 4.74 Å². The average molecular weight is 290 g/mol. The van der Waals surface area contributed by atoms with Crippen molar-refractivity contribution in [2.24, 2.45) is 0 Å². The first-order chi connectivity index (χ1) is 10.2. The number of nitrogens with one attached hydrogen (secondary N) is 1. The number of hydrogen-bond donors (Lipinski definition) is 1. The van der Waals surface area contributed by atoms with E-state index >= 15 is 0 Å². The van der Waals surface area contributed by atoms with Crippen LogP contribution >= 0.6 is 0 Å². The summed E-state index contributed by atoms with van der Waals surface area (Å²) in [6.45, 7) is 11.8. The molecule has 21 heavy (non-hydrogen) atoms. The summed E-state index contributed by atoms with van der Waals surface area (Å²) in [5, 5.41) is 3.48. The third-order valence-corrected chi connectivity index (χ3v) is 4.26. The summed E-state index contributed by atoms with van der Waals surface area (Å²) in [4.78, 5) is 2.52. The lowest BCUT2D eigenvalue weighted by Gasteiger charge is -2.26. The minimum Gasteiger partial charge on any atom is -0.492 e. The van der Waals surface area contributed by atoms with E-state index in [1.54, 1.807) is 0 Å². The van der Waals surface area contributed by atoms with Crippen LogP contribution in [0.25, 0.3) is 0 Å². The van der Waals surface area contributed by atoms with Crippen LogP contribution in [-0.4, -0.2) is 37.7 Å². The zero-order chi connectivity index (χ0) is 15.1. The number of likely N-dealkylation sites (tertiary alicyclic amines) is 1. The molecule has 1 heterocycles. The van der Waals surface area contributed by atoms with Crippen molar-refractivity contribution in [3.8, 4) is 5.75 Å². The van der Waals surface area contributed by atoms with Crippen molar-refractivity contribution >= 4 is 0 Å². The largest absolute Gasteiger partial charge is 0.492 e. The van der Waals surface area contributed by atoms with Gasteiger partial charge in [0.15, 0.2) is 0 Å². The van der Waals surface area contributed by atoms with E-state index in [-0.39, 0.29) is 0 Å². The summed E-state index contributed by atoms with van der Waals surface area (Å²) >= 11 is 0. The molecule has 1 unspecified atom stereocenters. The molecular formula is C18H30N2O. The zero-order valence-corrected chi connectivity index (χ0v) is 13.8. The first-order valence-corrected chi connectivity index (χ1v) is 8.39. The van der Waals surface area contributed by atoms with E-state index in [1.807, 2.05) is 0 Å². The lowest BCUT2D eigenvalue weighted by Crippen LogP contribution is -2.33. The van der Waals surface area contributed by atoms with Crippen LogP contribution in [0.15, 0.2) is 18.2 Å². The highest BCUT2D eigenvalue weighted by atomic mass is 16.5. The Labute approximate surface area is 129 Å². The summed E-state index contributed by atoms with van der Waals surface area (Å²) in [6.07, 6.45) is 4.07. The van der Waals surface area contributed by atoms with E-state index in [2.05, 4.69) is 49.2 Å². The van der Waals surface area contributed by atoms with Gasteiger partial charge in [-0.3, -0.25) is 4.90 Å². The Hall–Kier alpha value is -1.06. The summed E-state index contributed by atoms with van der Waals surface area (Å²) in [7, 11) is 0. The number of hydrogen-bond acceptors (Lipinski definition) is 3. The highest BCUT2D eigenvalue weighted by molar-refractivity contribution is 5.39. The molecule has 118 valence electrons. The van der Waals surface area contributed by atoms with Gasteiger partial charge in [0.05, 0.1) is 0 Å². The maximum absolute atomic E-state index is 6.08. The maximum atomic E-state index is 6.08. The molecule has 3 nitrogen and oxygen atoms in total. The normalized spacial score (nSPS) is 17.7. The molecule has 0 spiro atoms. The average Bonchev–Trinajstić information content (AvgIpc) is 2.50. The second-order valence-electron chi connectivity index (χ2n) is 6.07. The number of benzene rings is 1. The zero-order valence-electron chi connectivity index (χ0n) is 13.8. The summed E-state index contributed by atoms with van der Waals surface area (Å²) < 4.78 is 6.08. The van der Waals surface area contributed by atoms with Crippen LogP contribution in [0.2, 0.25) is 0 Å². The fourth-order valence-electron chi connectivity index (χ4n) is 3.02. The molecule has 0 aliphatic carbocycles. The van der Waals surface area contributed by atoms with Crippen molar-refractivity contribution in [2.45, 2.75) is 46.1 Å². The standard InChI is InChI=1S/C18H30N2O/c1-4-19-16(3)17-14-15(2)8-9-18(17)21-13-12-20-10-6-5-7-11-20/h8-9,14,16,19H,4-7,10-13H2,1-3H3. The minimum absolute atomic E-state index is 0.333. The predicted molar refractivity (Wildman–Crippen MR) is 89.1 cm³/mol. The summed E-state index contributed by atoms with van der Waals surface area (Å²) in [6, 6.07) is 6.83. The van der Waals surface area contributed by atoms with Gasteiger partial charge in [0, 0.05) is 18.2 Å². The topological polar surface area (TPSA) is 24.5 Å². The van der Waals surface area contributed by atoms with Gasteiger partial charge in [-0.15, -0.1) is 0 Å². The van der Waals surface area contributed by atoms with Crippen LogP contribution in [0.4, 0.5) is 0 Å². The Morgan fingerprint density at radius 1 is 1.24 bits per heavy atom. The van der Waals surface area contributed by atoms with Gasteiger partial charge in [0.2, 0.25) is 0 Å². The Morgan fingerprint density at radius 2 is 2.00 bits per heavy atom. The fourth-order valence-corrected chi connectivity index (χ4v) is 3.02. The molecular weight excluding hydrogens is 260 g/mol. The van der Waals surface area contributed by atoms with Gasteiger partial charge in [-0.2, -0.15) is 0 Å². The van der Waals surface area contributed by atoms with Gasteiger partial charge < -0.3 is 10.1 Å². The van der Waals surface area contributed by atoms with Crippen molar-refractivity contribution in [2.75, 3.05) is 32.8 Å². The molecule has 1 fully saturated rings. The van der Waals surface area contributed by atoms with Gasteiger partial charge in [-0.05, 0) is 52.4 Å². The summed E-state index contributed by atoms with van der Waals surface area (Å²) in [5.41, 5.74) is 2.56. The second-order valence-corrected chi connectivity index (χ2v) is 6.07. The number of nitrogens with zero attached hydrogens (tertiary/aromatic N) is 1. The quantitative estimate of drug-likeness (QED) is 0.831. The van der Waals surface area contributed by atoms with Crippen LogP contribution in [0.1, 0.15) is 50.3 Å². The Balaban J connectivity index is 1.91. The van der Waals surface area contributed by atoms with E-state index in [0.717, 1.165) is 25.4 Å². The molecule has 1 aliphatic rings. The summed E-state index contributed by atoms with van der Waals surface area (Å²) in [5.74, 6) is 1.03. The molecule has 1 aromatic carbocycles. The van der Waals surface area contributed by atoms with Crippen LogP contribution in [0, 0.1) is 6.92 Å². The third kappa shape index (κ3) is 5.01. The molecule has 0 amide bonds. The number of piperidine rings is 1. The van der Waals surface area contributed by atoms with Crippen LogP contribution in [0.5, 0.6) is 5.75 Å². The van der Waals surface area contributed by atoms with Crippen molar-refractivity contribution in [1.82, 2.24) is 10.2 Å². The Morgan fingerprint density at radius 3 is 2.71 bits per heavy atom. The monoisotopic (exact) mass is 290 g/mol. The van der Waals surface area contributed by atoms with Crippen LogP contribution < -0.4 is 10.1 Å². The maximum Gasteiger partial charge on any atom is 0.124 e. The van der Waals surface area contributed by atoms with Crippen molar-refractivity contribution in [1.29, 1.82) is 0 Å².